The van der Waals surface area contributed by atoms with Crippen molar-refractivity contribution in [2.24, 2.45) is 0 Å². The molecule has 0 saturated heterocycles. The molecular weight excluding hydrogens is 348 g/mol. The number of allylic oxidation sites excluding steroid dienone is 3. The van der Waals surface area contributed by atoms with E-state index in [1.807, 2.05) is 49.7 Å². The summed E-state index contributed by atoms with van der Waals surface area (Å²) in [5.74, 6) is 1.73. The van der Waals surface area contributed by atoms with E-state index in [2.05, 4.69) is 46.3 Å². The van der Waals surface area contributed by atoms with Crippen LogP contribution in [0.15, 0.2) is 84.8 Å². The van der Waals surface area contributed by atoms with E-state index < -0.39 is 6.10 Å². The fourth-order valence-electron chi connectivity index (χ4n) is 3.82. The Morgan fingerprint density at radius 2 is 1.93 bits per heavy atom. The Bertz CT molecular complexity index is 988. The van der Waals surface area contributed by atoms with Gasteiger partial charge >= 0.3 is 0 Å². The number of ether oxygens (including phenoxy) is 1. The molecule has 1 aliphatic carbocycles. The lowest BCUT2D eigenvalue weighted by atomic mass is 10.0. The molecule has 0 bridgehead atoms. The Balaban J connectivity index is 1.75. The van der Waals surface area contributed by atoms with Crippen LogP contribution in [0.1, 0.15) is 24.4 Å². The molecule has 2 atom stereocenters. The minimum atomic E-state index is -0.559. The molecule has 0 aliphatic heterocycles. The first kappa shape index (κ1) is 18.5. The van der Waals surface area contributed by atoms with Crippen LogP contribution >= 0.6 is 0 Å². The minimum absolute atomic E-state index is 0.185. The number of aliphatic hydroxyl groups is 1. The lowest BCUT2D eigenvalue weighted by Gasteiger charge is -2.26. The molecule has 4 rings (SSSR count). The molecule has 0 radical (unpaired) electrons. The summed E-state index contributed by atoms with van der Waals surface area (Å²) in [6.07, 6.45) is 9.85. The highest BCUT2D eigenvalue weighted by atomic mass is 16.5. The normalized spacial score (nSPS) is 16.0. The molecule has 144 valence electrons. The Labute approximate surface area is 165 Å². The van der Waals surface area contributed by atoms with Gasteiger partial charge in [-0.25, -0.2) is 0 Å². The molecule has 2 N–H and O–H groups in total. The first-order valence-corrected chi connectivity index (χ1v) is 9.79. The molecule has 4 heteroatoms. The zero-order valence-corrected chi connectivity index (χ0v) is 16.1. The van der Waals surface area contributed by atoms with Gasteiger partial charge in [0, 0.05) is 18.1 Å². The van der Waals surface area contributed by atoms with Gasteiger partial charge in [-0.05, 0) is 55.8 Å². The van der Waals surface area contributed by atoms with Crippen molar-refractivity contribution in [1.82, 2.24) is 9.88 Å². The first-order valence-electron chi connectivity index (χ1n) is 9.79. The van der Waals surface area contributed by atoms with Gasteiger partial charge in [-0.3, -0.25) is 0 Å². The van der Waals surface area contributed by atoms with Crippen molar-refractivity contribution in [3.8, 4) is 5.75 Å². The third-order valence-corrected chi connectivity index (χ3v) is 5.13. The number of benzene rings is 2. The van der Waals surface area contributed by atoms with Crippen molar-refractivity contribution < 1.29 is 9.84 Å². The molecule has 0 unspecified atom stereocenters. The van der Waals surface area contributed by atoms with Crippen molar-refractivity contribution in [3.05, 3.63) is 90.3 Å². The number of rotatable bonds is 7. The number of hydrogen-bond acceptors (Lipinski definition) is 3. The zero-order chi connectivity index (χ0) is 19.3. The number of nitrogens with one attached hydrogen (secondary N) is 1. The predicted molar refractivity (Wildman–Crippen MR) is 114 cm³/mol. The summed E-state index contributed by atoms with van der Waals surface area (Å²) in [5.41, 5.74) is 2.12. The van der Waals surface area contributed by atoms with Gasteiger partial charge in [0.05, 0.1) is 17.7 Å². The Kier molecular flexibility index (Phi) is 5.60. The van der Waals surface area contributed by atoms with Crippen molar-refractivity contribution in [1.29, 1.82) is 0 Å². The molecule has 2 aromatic carbocycles. The molecule has 1 heterocycles. The zero-order valence-electron chi connectivity index (χ0n) is 16.1. The number of hydrogen-bond donors (Lipinski definition) is 2. The van der Waals surface area contributed by atoms with Crippen LogP contribution in [-0.2, 0) is 0 Å². The van der Waals surface area contributed by atoms with E-state index in [1.54, 1.807) is 0 Å². The van der Waals surface area contributed by atoms with Crippen molar-refractivity contribution >= 4 is 10.9 Å². The van der Waals surface area contributed by atoms with Crippen LogP contribution in [0.3, 0.4) is 0 Å². The largest absolute Gasteiger partial charge is 0.457 e. The lowest BCUT2D eigenvalue weighted by Crippen LogP contribution is -2.33. The maximum atomic E-state index is 10.9. The summed E-state index contributed by atoms with van der Waals surface area (Å²) in [4.78, 5) is 0. The molecule has 0 fully saturated rings. The molecule has 0 amide bonds. The summed E-state index contributed by atoms with van der Waals surface area (Å²) in [5, 5.41) is 15.0. The maximum Gasteiger partial charge on any atom is 0.136 e. The minimum Gasteiger partial charge on any atom is -0.457 e. The molecule has 28 heavy (non-hydrogen) atoms. The van der Waals surface area contributed by atoms with Crippen LogP contribution in [0.2, 0.25) is 0 Å². The second-order valence-corrected chi connectivity index (χ2v) is 7.08. The third-order valence-electron chi connectivity index (χ3n) is 5.13. The van der Waals surface area contributed by atoms with Gasteiger partial charge in [-0.1, -0.05) is 42.5 Å². The fourth-order valence-corrected chi connectivity index (χ4v) is 3.82. The standard InChI is InChI=1S/C24H26N2O2/c1-25-17-22(27)24(18-9-4-2-5-10-18)26-16-15-20-21(26)13-8-14-23(20)28-19-11-6-3-7-12-19/h2,4-6,8-16,22,24-25,27H,3,7,17H2,1H3/t22-,24+/m1/s1. The third kappa shape index (κ3) is 3.75. The quantitative estimate of drug-likeness (QED) is 0.643. The van der Waals surface area contributed by atoms with Gasteiger partial charge in [0.2, 0.25) is 0 Å². The molecule has 3 aromatic rings. The Hall–Kier alpha value is -2.82. The summed E-state index contributed by atoms with van der Waals surface area (Å²) in [7, 11) is 1.86. The van der Waals surface area contributed by atoms with Crippen LogP contribution in [0.4, 0.5) is 0 Å². The lowest BCUT2D eigenvalue weighted by molar-refractivity contribution is 0.132. The van der Waals surface area contributed by atoms with Gasteiger partial charge in [0.25, 0.3) is 0 Å². The van der Waals surface area contributed by atoms with Crippen LogP contribution in [0, 0.1) is 0 Å². The maximum absolute atomic E-state index is 10.9. The van der Waals surface area contributed by atoms with Crippen LogP contribution < -0.4 is 10.1 Å². The van der Waals surface area contributed by atoms with E-state index in [0.717, 1.165) is 40.8 Å². The van der Waals surface area contributed by atoms with E-state index in [1.165, 1.54) is 0 Å². The average molecular weight is 374 g/mol. The SMILES string of the molecule is CNC[C@@H](O)[C@H](c1ccccc1)n1ccc2c(OC3=CCCC=C3)cccc21. The highest BCUT2D eigenvalue weighted by Crippen LogP contribution is 2.33. The Morgan fingerprint density at radius 3 is 2.68 bits per heavy atom. The molecule has 4 nitrogen and oxygen atoms in total. The highest BCUT2D eigenvalue weighted by molar-refractivity contribution is 5.87. The molecule has 1 aromatic heterocycles. The smallest absolute Gasteiger partial charge is 0.136 e. The van der Waals surface area contributed by atoms with E-state index in [-0.39, 0.29) is 6.04 Å². The number of nitrogens with zero attached hydrogens (tertiary/aromatic N) is 1. The molecule has 0 saturated carbocycles. The van der Waals surface area contributed by atoms with E-state index in [4.69, 9.17) is 4.74 Å². The topological polar surface area (TPSA) is 46.4 Å². The molecular formula is C24H26N2O2. The highest BCUT2D eigenvalue weighted by Gasteiger charge is 2.24. The number of aromatic nitrogens is 1. The van der Waals surface area contributed by atoms with Gasteiger partial charge < -0.3 is 19.7 Å². The predicted octanol–water partition coefficient (Wildman–Crippen LogP) is 4.42. The number of likely N-dealkylation sites (N-methyl/N-ethyl adjacent to an activating group) is 1. The van der Waals surface area contributed by atoms with E-state index in [0.29, 0.717) is 6.54 Å². The number of aliphatic hydroxyl groups excluding tert-OH is 1. The van der Waals surface area contributed by atoms with Crippen LogP contribution in [0.5, 0.6) is 5.75 Å². The second kappa shape index (κ2) is 8.46. The van der Waals surface area contributed by atoms with E-state index in [9.17, 15) is 5.11 Å². The van der Waals surface area contributed by atoms with Crippen molar-refractivity contribution in [2.45, 2.75) is 25.0 Å². The monoisotopic (exact) mass is 374 g/mol. The number of fused-ring (bicyclic) bond motifs is 1. The van der Waals surface area contributed by atoms with Gasteiger partial charge in [-0.15, -0.1) is 0 Å². The van der Waals surface area contributed by atoms with Gasteiger partial charge in [0.15, 0.2) is 0 Å². The van der Waals surface area contributed by atoms with Gasteiger partial charge in [0.1, 0.15) is 11.5 Å². The van der Waals surface area contributed by atoms with E-state index >= 15 is 0 Å². The summed E-state index contributed by atoms with van der Waals surface area (Å²) in [6, 6.07) is 18.1. The Morgan fingerprint density at radius 1 is 1.07 bits per heavy atom. The van der Waals surface area contributed by atoms with Crippen LogP contribution in [0.25, 0.3) is 10.9 Å². The summed E-state index contributed by atoms with van der Waals surface area (Å²) in [6.45, 7) is 0.507. The summed E-state index contributed by atoms with van der Waals surface area (Å²) < 4.78 is 8.30. The molecule has 1 aliphatic rings. The average Bonchev–Trinajstić information content (AvgIpc) is 3.15. The van der Waals surface area contributed by atoms with Gasteiger partial charge in [-0.2, -0.15) is 0 Å². The summed E-state index contributed by atoms with van der Waals surface area (Å²) >= 11 is 0. The first-order chi connectivity index (χ1) is 13.8. The fraction of sp³-hybridized carbons (Fsp3) is 0.250. The molecule has 0 spiro atoms. The van der Waals surface area contributed by atoms with Crippen molar-refractivity contribution in [2.75, 3.05) is 13.6 Å². The van der Waals surface area contributed by atoms with Crippen molar-refractivity contribution in [3.63, 3.8) is 0 Å². The second-order valence-electron chi connectivity index (χ2n) is 7.08. The van der Waals surface area contributed by atoms with Crippen LogP contribution in [-0.4, -0.2) is 29.4 Å².